The van der Waals surface area contributed by atoms with Crippen LogP contribution in [0.25, 0.3) is 22.3 Å². The van der Waals surface area contributed by atoms with Gasteiger partial charge in [-0.1, -0.05) is 30.3 Å². The van der Waals surface area contributed by atoms with Gasteiger partial charge in [-0.2, -0.15) is 0 Å². The summed E-state index contributed by atoms with van der Waals surface area (Å²) in [5, 5.41) is 13.1. The van der Waals surface area contributed by atoms with E-state index in [4.69, 9.17) is 23.4 Å². The number of benzene rings is 3. The minimum Gasteiger partial charge on any atom is -0.507 e. The highest BCUT2D eigenvalue weighted by molar-refractivity contribution is 5.93. The molecule has 9 nitrogen and oxygen atoms in total. The molecule has 0 aliphatic heterocycles. The van der Waals surface area contributed by atoms with Gasteiger partial charge in [-0.3, -0.25) is 9.59 Å². The number of carbonyl (C=O) groups excluding carboxylic acids is 1. The predicted octanol–water partition coefficient (Wildman–Crippen LogP) is 4.21. The van der Waals surface area contributed by atoms with Crippen LogP contribution in [0, 0.1) is 0 Å². The molecule has 4 rings (SSSR count). The van der Waals surface area contributed by atoms with E-state index in [9.17, 15) is 14.7 Å². The molecule has 0 saturated heterocycles. The van der Waals surface area contributed by atoms with Crippen LogP contribution in [-0.2, 0) is 4.79 Å². The van der Waals surface area contributed by atoms with Crippen LogP contribution >= 0.6 is 0 Å². The van der Waals surface area contributed by atoms with Crippen molar-refractivity contribution in [2.75, 3.05) is 33.3 Å². The Labute approximate surface area is 200 Å². The van der Waals surface area contributed by atoms with Gasteiger partial charge in [0.1, 0.15) is 28.2 Å². The van der Waals surface area contributed by atoms with Gasteiger partial charge in [0.05, 0.1) is 21.3 Å². The molecule has 0 aliphatic rings. The van der Waals surface area contributed by atoms with Crippen LogP contribution in [0.3, 0.4) is 0 Å². The van der Waals surface area contributed by atoms with Crippen molar-refractivity contribution in [3.8, 4) is 40.1 Å². The fraction of sp³-hybridized carbons (Fsp3) is 0.154. The second kappa shape index (κ2) is 10.1. The number of nitrogens with one attached hydrogen (secondary N) is 1. The summed E-state index contributed by atoms with van der Waals surface area (Å²) < 4.78 is 27.2. The van der Waals surface area contributed by atoms with Crippen molar-refractivity contribution in [2.24, 2.45) is 0 Å². The van der Waals surface area contributed by atoms with Crippen molar-refractivity contribution in [3.63, 3.8) is 0 Å². The van der Waals surface area contributed by atoms with E-state index < -0.39 is 11.3 Å². The first kappa shape index (κ1) is 23.5. The van der Waals surface area contributed by atoms with Crippen LogP contribution in [0.2, 0.25) is 0 Å². The molecule has 3 aromatic carbocycles. The Morgan fingerprint density at radius 1 is 0.943 bits per heavy atom. The number of rotatable bonds is 8. The topological polar surface area (TPSA) is 116 Å². The first-order valence-electron chi connectivity index (χ1n) is 10.5. The van der Waals surface area contributed by atoms with Gasteiger partial charge in [-0.05, 0) is 0 Å². The van der Waals surface area contributed by atoms with Crippen LogP contribution in [0.1, 0.15) is 0 Å². The van der Waals surface area contributed by atoms with Gasteiger partial charge in [0.25, 0.3) is 5.91 Å². The number of phenols is 1. The maximum atomic E-state index is 12.6. The number of phenolic OH excluding ortho intramolecular Hbond substituents is 1. The molecule has 0 radical (unpaired) electrons. The van der Waals surface area contributed by atoms with Crippen molar-refractivity contribution >= 4 is 22.6 Å². The summed E-state index contributed by atoms with van der Waals surface area (Å²) in [6.45, 7) is -0.371. The highest BCUT2D eigenvalue weighted by Gasteiger charge is 2.16. The van der Waals surface area contributed by atoms with E-state index in [-0.39, 0.29) is 29.1 Å². The molecule has 1 amide bonds. The van der Waals surface area contributed by atoms with E-state index in [1.54, 1.807) is 24.3 Å². The Bertz CT molecular complexity index is 1400. The lowest BCUT2D eigenvalue weighted by atomic mass is 10.1. The maximum absolute atomic E-state index is 12.6. The molecule has 2 N–H and O–H groups in total. The second-order valence-corrected chi connectivity index (χ2v) is 7.41. The maximum Gasteiger partial charge on any atom is 0.262 e. The number of carbonyl (C=O) groups is 1. The van der Waals surface area contributed by atoms with Crippen LogP contribution in [-0.4, -0.2) is 38.9 Å². The Balaban J connectivity index is 1.54. The predicted molar refractivity (Wildman–Crippen MR) is 130 cm³/mol. The molecular formula is C26H23NO8. The van der Waals surface area contributed by atoms with Crippen LogP contribution in [0.15, 0.2) is 69.9 Å². The number of fused-ring (bicyclic) bond motifs is 1. The van der Waals surface area contributed by atoms with Gasteiger partial charge >= 0.3 is 0 Å². The molecule has 0 atom stereocenters. The molecule has 0 spiro atoms. The Morgan fingerprint density at radius 3 is 2.26 bits per heavy atom. The van der Waals surface area contributed by atoms with Crippen molar-refractivity contribution in [1.29, 1.82) is 0 Å². The van der Waals surface area contributed by atoms with Gasteiger partial charge in [-0.25, -0.2) is 0 Å². The molecule has 0 unspecified atom stereocenters. The molecule has 180 valence electrons. The summed E-state index contributed by atoms with van der Waals surface area (Å²) in [5.74, 6) is 0.878. The largest absolute Gasteiger partial charge is 0.507 e. The van der Waals surface area contributed by atoms with Crippen molar-refractivity contribution in [1.82, 2.24) is 0 Å². The number of methoxy groups -OCH3 is 3. The number of anilines is 1. The first-order valence-corrected chi connectivity index (χ1v) is 10.5. The summed E-state index contributed by atoms with van der Waals surface area (Å²) >= 11 is 0. The number of amides is 1. The number of aromatic hydroxyl groups is 1. The summed E-state index contributed by atoms with van der Waals surface area (Å²) in [7, 11) is 4.43. The Morgan fingerprint density at radius 2 is 1.63 bits per heavy atom. The number of hydrogen-bond donors (Lipinski definition) is 2. The zero-order valence-corrected chi connectivity index (χ0v) is 19.3. The van der Waals surface area contributed by atoms with Gasteiger partial charge in [-0.15, -0.1) is 0 Å². The zero-order chi connectivity index (χ0) is 24.9. The molecule has 1 heterocycles. The van der Waals surface area contributed by atoms with E-state index in [0.29, 0.717) is 34.3 Å². The second-order valence-electron chi connectivity index (χ2n) is 7.41. The van der Waals surface area contributed by atoms with Crippen molar-refractivity contribution in [3.05, 3.63) is 70.9 Å². The smallest absolute Gasteiger partial charge is 0.262 e. The number of hydrogen-bond acceptors (Lipinski definition) is 8. The molecule has 4 aromatic rings. The minimum atomic E-state index is -0.474. The standard InChI is InChI=1S/C26H23NO8/c1-31-22-9-16(10-23(32-2)26(22)33-3)27-24(30)14-34-17-11-18(28)25-19(29)13-20(35-21(25)12-17)15-7-5-4-6-8-15/h4-13,28H,14H2,1-3H3,(H,27,30). The Hall–Kier alpha value is -4.66. The van der Waals surface area contributed by atoms with Crippen molar-refractivity contribution in [2.45, 2.75) is 0 Å². The van der Waals surface area contributed by atoms with E-state index in [0.717, 1.165) is 0 Å². The lowest BCUT2D eigenvalue weighted by Crippen LogP contribution is -2.20. The third-order valence-corrected chi connectivity index (χ3v) is 5.16. The van der Waals surface area contributed by atoms with Gasteiger partial charge in [0.15, 0.2) is 23.5 Å². The minimum absolute atomic E-state index is 0.0268. The van der Waals surface area contributed by atoms with E-state index in [1.807, 2.05) is 18.2 Å². The van der Waals surface area contributed by atoms with E-state index in [2.05, 4.69) is 5.32 Å². The lowest BCUT2D eigenvalue weighted by molar-refractivity contribution is -0.118. The molecule has 35 heavy (non-hydrogen) atoms. The van der Waals surface area contributed by atoms with E-state index in [1.165, 1.54) is 39.5 Å². The van der Waals surface area contributed by atoms with Gasteiger partial charge < -0.3 is 33.8 Å². The zero-order valence-electron chi connectivity index (χ0n) is 19.3. The van der Waals surface area contributed by atoms with Gasteiger partial charge in [0, 0.05) is 41.6 Å². The highest BCUT2D eigenvalue weighted by Crippen LogP contribution is 2.40. The average molecular weight is 477 g/mol. The normalized spacial score (nSPS) is 10.6. The summed E-state index contributed by atoms with van der Waals surface area (Å²) in [4.78, 5) is 25.1. The fourth-order valence-corrected chi connectivity index (χ4v) is 3.57. The SMILES string of the molecule is COc1cc(NC(=O)COc2cc(O)c3c(=O)cc(-c4ccccc4)oc3c2)cc(OC)c1OC. The third-order valence-electron chi connectivity index (χ3n) is 5.16. The summed E-state index contributed by atoms with van der Waals surface area (Å²) in [5.41, 5.74) is 0.862. The van der Waals surface area contributed by atoms with Crippen LogP contribution in [0.5, 0.6) is 28.7 Å². The molecule has 0 aliphatic carbocycles. The van der Waals surface area contributed by atoms with E-state index >= 15 is 0 Å². The van der Waals surface area contributed by atoms with Gasteiger partial charge in [0.2, 0.25) is 5.75 Å². The molecular weight excluding hydrogens is 454 g/mol. The lowest BCUT2D eigenvalue weighted by Gasteiger charge is -2.15. The average Bonchev–Trinajstić information content (AvgIpc) is 2.86. The molecule has 1 aromatic heterocycles. The monoisotopic (exact) mass is 477 g/mol. The van der Waals surface area contributed by atoms with Crippen LogP contribution in [0.4, 0.5) is 5.69 Å². The molecule has 0 fully saturated rings. The quantitative estimate of drug-likeness (QED) is 0.388. The Kier molecular flexibility index (Phi) is 6.77. The van der Waals surface area contributed by atoms with Crippen molar-refractivity contribution < 1.29 is 33.3 Å². The summed E-state index contributed by atoms with van der Waals surface area (Å²) in [6.07, 6.45) is 0. The third kappa shape index (κ3) is 4.98. The van der Waals surface area contributed by atoms with Crippen LogP contribution < -0.4 is 29.7 Å². The fourth-order valence-electron chi connectivity index (χ4n) is 3.57. The number of ether oxygens (including phenoxy) is 4. The molecule has 9 heteroatoms. The first-order chi connectivity index (χ1) is 16.9. The molecule has 0 saturated carbocycles. The highest BCUT2D eigenvalue weighted by atomic mass is 16.5. The summed E-state index contributed by atoms with van der Waals surface area (Å²) in [6, 6.07) is 16.3. The molecule has 0 bridgehead atoms.